The Morgan fingerprint density at radius 1 is 1.19 bits per heavy atom. The van der Waals surface area contributed by atoms with Gasteiger partial charge in [0.25, 0.3) is 11.8 Å². The topological polar surface area (TPSA) is 102 Å². The van der Waals surface area contributed by atoms with Gasteiger partial charge < -0.3 is 25.1 Å². The highest BCUT2D eigenvalue weighted by atomic mass is 19.1. The quantitative estimate of drug-likeness (QED) is 0.324. The van der Waals surface area contributed by atoms with Crippen LogP contribution in [0.25, 0.3) is 0 Å². The number of nitrogens with one attached hydrogen (secondary N) is 2. The van der Waals surface area contributed by atoms with Crippen molar-refractivity contribution in [2.45, 2.75) is 19.6 Å². The zero-order chi connectivity index (χ0) is 26.4. The molecule has 0 saturated heterocycles. The summed E-state index contributed by atoms with van der Waals surface area (Å²) >= 11 is 0. The Kier molecular flexibility index (Phi) is 7.87. The van der Waals surface area contributed by atoms with Crippen LogP contribution in [0.15, 0.2) is 72.2 Å². The lowest BCUT2D eigenvalue weighted by Crippen LogP contribution is -2.45. The van der Waals surface area contributed by atoms with E-state index in [4.69, 9.17) is 9.47 Å². The van der Waals surface area contributed by atoms with Crippen LogP contribution >= 0.6 is 0 Å². The molecule has 37 heavy (non-hydrogen) atoms. The molecule has 2 heterocycles. The predicted molar refractivity (Wildman–Crippen MR) is 136 cm³/mol. The number of ether oxygens (including phenoxy) is 2. The zero-order valence-corrected chi connectivity index (χ0v) is 20.3. The SMILES string of the molecule is C=CCCOc1cc(F)ccc1CNC(=O)c1cn2c(c(OCc3ccccc3)c1=O)C(=O)N(C)CN2. The smallest absolute Gasteiger partial charge is 0.277 e. The second-order valence-corrected chi connectivity index (χ2v) is 8.37. The fourth-order valence-electron chi connectivity index (χ4n) is 3.71. The molecule has 192 valence electrons. The summed E-state index contributed by atoms with van der Waals surface area (Å²) in [5, 5.41) is 2.68. The van der Waals surface area contributed by atoms with Gasteiger partial charge in [0.05, 0.1) is 6.61 Å². The van der Waals surface area contributed by atoms with Crippen LogP contribution in [-0.4, -0.2) is 41.7 Å². The molecular weight excluding hydrogens is 479 g/mol. The molecule has 0 atom stereocenters. The summed E-state index contributed by atoms with van der Waals surface area (Å²) in [7, 11) is 1.59. The van der Waals surface area contributed by atoms with Gasteiger partial charge in [-0.05, 0) is 18.1 Å². The van der Waals surface area contributed by atoms with Gasteiger partial charge in [-0.15, -0.1) is 6.58 Å². The maximum Gasteiger partial charge on any atom is 0.277 e. The molecule has 0 radical (unpaired) electrons. The molecule has 4 rings (SSSR count). The van der Waals surface area contributed by atoms with E-state index in [-0.39, 0.29) is 42.6 Å². The largest absolute Gasteiger partial charge is 0.493 e. The summed E-state index contributed by atoms with van der Waals surface area (Å²) in [6, 6.07) is 13.2. The first kappa shape index (κ1) is 25.5. The van der Waals surface area contributed by atoms with Crippen LogP contribution < -0.4 is 25.6 Å². The Hall–Kier alpha value is -4.60. The first-order chi connectivity index (χ1) is 17.9. The molecule has 0 saturated carbocycles. The number of carbonyl (C=O) groups is 2. The molecule has 3 aromatic rings. The van der Waals surface area contributed by atoms with Crippen molar-refractivity contribution in [3.05, 3.63) is 106 Å². The van der Waals surface area contributed by atoms with Crippen LogP contribution in [0.2, 0.25) is 0 Å². The number of hydrogen-bond acceptors (Lipinski definition) is 6. The minimum Gasteiger partial charge on any atom is -0.493 e. The number of fused-ring (bicyclic) bond motifs is 1. The number of rotatable bonds is 10. The Morgan fingerprint density at radius 2 is 1.97 bits per heavy atom. The molecule has 2 amide bonds. The maximum atomic E-state index is 13.7. The number of carbonyl (C=O) groups excluding carboxylic acids is 2. The molecule has 10 heteroatoms. The van der Waals surface area contributed by atoms with Crippen molar-refractivity contribution in [2.75, 3.05) is 25.7 Å². The van der Waals surface area contributed by atoms with Crippen molar-refractivity contribution in [1.82, 2.24) is 14.9 Å². The van der Waals surface area contributed by atoms with Gasteiger partial charge >= 0.3 is 0 Å². The minimum atomic E-state index is -0.716. The number of hydrogen-bond donors (Lipinski definition) is 2. The summed E-state index contributed by atoms with van der Waals surface area (Å²) in [4.78, 5) is 40.7. The highest BCUT2D eigenvalue weighted by molar-refractivity contribution is 5.99. The number of halogens is 1. The Labute approximate surface area is 213 Å². The van der Waals surface area contributed by atoms with Gasteiger partial charge in [-0.2, -0.15) is 0 Å². The minimum absolute atomic E-state index is 0.00247. The summed E-state index contributed by atoms with van der Waals surface area (Å²) < 4.78 is 26.5. The van der Waals surface area contributed by atoms with Crippen LogP contribution in [0.4, 0.5) is 4.39 Å². The van der Waals surface area contributed by atoms with E-state index < -0.39 is 23.1 Å². The Bertz CT molecular complexity index is 1370. The monoisotopic (exact) mass is 506 g/mol. The van der Waals surface area contributed by atoms with Gasteiger partial charge in [0.2, 0.25) is 5.43 Å². The first-order valence-electron chi connectivity index (χ1n) is 11.6. The number of pyridine rings is 1. The highest BCUT2D eigenvalue weighted by Crippen LogP contribution is 2.22. The van der Waals surface area contributed by atoms with Gasteiger partial charge in [-0.25, -0.2) is 4.39 Å². The van der Waals surface area contributed by atoms with E-state index in [1.54, 1.807) is 13.1 Å². The van der Waals surface area contributed by atoms with Crippen LogP contribution in [0, 0.1) is 5.82 Å². The van der Waals surface area contributed by atoms with Crippen molar-refractivity contribution >= 4 is 11.8 Å². The van der Waals surface area contributed by atoms with Crippen molar-refractivity contribution in [3.63, 3.8) is 0 Å². The lowest BCUT2D eigenvalue weighted by molar-refractivity contribution is 0.0758. The summed E-state index contributed by atoms with van der Waals surface area (Å²) in [5.74, 6) is -1.52. The molecule has 0 aliphatic carbocycles. The van der Waals surface area contributed by atoms with Gasteiger partial charge in [0.15, 0.2) is 11.4 Å². The average molecular weight is 507 g/mol. The molecule has 0 spiro atoms. The third kappa shape index (κ3) is 5.80. The normalized spacial score (nSPS) is 12.4. The maximum absolute atomic E-state index is 13.7. The van der Waals surface area contributed by atoms with Crippen LogP contribution in [0.5, 0.6) is 11.5 Å². The van der Waals surface area contributed by atoms with E-state index in [0.29, 0.717) is 18.6 Å². The summed E-state index contributed by atoms with van der Waals surface area (Å²) in [6.07, 6.45) is 3.53. The van der Waals surface area contributed by atoms with Gasteiger partial charge in [-0.1, -0.05) is 42.5 Å². The number of benzene rings is 2. The van der Waals surface area contributed by atoms with Crippen molar-refractivity contribution in [1.29, 1.82) is 0 Å². The third-order valence-electron chi connectivity index (χ3n) is 5.71. The number of amides is 2. The molecule has 0 unspecified atom stereocenters. The summed E-state index contributed by atoms with van der Waals surface area (Å²) in [5.41, 5.74) is 3.37. The molecular formula is C27H27FN4O5. The van der Waals surface area contributed by atoms with Gasteiger partial charge in [0.1, 0.15) is 30.4 Å². The first-order valence-corrected chi connectivity index (χ1v) is 11.6. The Morgan fingerprint density at radius 3 is 2.73 bits per heavy atom. The highest BCUT2D eigenvalue weighted by Gasteiger charge is 2.30. The molecule has 0 bridgehead atoms. The Balaban J connectivity index is 1.61. The molecule has 2 N–H and O–H groups in total. The average Bonchev–Trinajstić information content (AvgIpc) is 2.90. The van der Waals surface area contributed by atoms with E-state index in [0.717, 1.165) is 5.56 Å². The van der Waals surface area contributed by atoms with E-state index in [2.05, 4.69) is 17.3 Å². The lowest BCUT2D eigenvalue weighted by atomic mass is 10.1. The molecule has 9 nitrogen and oxygen atoms in total. The molecule has 2 aromatic carbocycles. The van der Waals surface area contributed by atoms with Gasteiger partial charge in [0, 0.05) is 31.4 Å². The molecule has 1 aliphatic rings. The lowest BCUT2D eigenvalue weighted by Gasteiger charge is -2.29. The second kappa shape index (κ2) is 11.4. The van der Waals surface area contributed by atoms with E-state index >= 15 is 0 Å². The number of aromatic nitrogens is 1. The second-order valence-electron chi connectivity index (χ2n) is 8.37. The predicted octanol–water partition coefficient (Wildman–Crippen LogP) is 3.04. The van der Waals surface area contributed by atoms with E-state index in [1.165, 1.54) is 34.0 Å². The van der Waals surface area contributed by atoms with E-state index in [1.807, 2.05) is 30.3 Å². The van der Waals surface area contributed by atoms with E-state index in [9.17, 15) is 18.8 Å². The van der Waals surface area contributed by atoms with Crippen LogP contribution in [0.3, 0.4) is 0 Å². The van der Waals surface area contributed by atoms with Crippen molar-refractivity contribution in [2.24, 2.45) is 0 Å². The summed E-state index contributed by atoms with van der Waals surface area (Å²) in [6.45, 7) is 4.12. The van der Waals surface area contributed by atoms with Gasteiger partial charge in [-0.3, -0.25) is 19.1 Å². The van der Waals surface area contributed by atoms with Crippen LogP contribution in [-0.2, 0) is 13.2 Å². The van der Waals surface area contributed by atoms with Crippen LogP contribution in [0.1, 0.15) is 38.4 Å². The molecule has 1 aliphatic heterocycles. The zero-order valence-electron chi connectivity index (χ0n) is 20.3. The third-order valence-corrected chi connectivity index (χ3v) is 5.71. The standard InChI is InChI=1S/C27H27FN4O5/c1-3-4-12-36-22-13-20(28)11-10-19(22)14-29-26(34)21-15-32-23(27(35)31(2)17-30-32)25(24(21)33)37-16-18-8-6-5-7-9-18/h3,5-11,13,15,30H,1,4,12,14,16-17H2,2H3,(H,29,34). The fourth-order valence-corrected chi connectivity index (χ4v) is 3.71. The molecule has 0 fully saturated rings. The number of nitrogens with zero attached hydrogens (tertiary/aromatic N) is 2. The van der Waals surface area contributed by atoms with Crippen molar-refractivity contribution in [3.8, 4) is 11.5 Å². The fraction of sp³-hybridized carbons (Fsp3) is 0.222. The van der Waals surface area contributed by atoms with Crippen molar-refractivity contribution < 1.29 is 23.5 Å². The molecule has 1 aromatic heterocycles.